The predicted octanol–water partition coefficient (Wildman–Crippen LogP) is 4.54. The van der Waals surface area contributed by atoms with Crippen LogP contribution in [0.5, 0.6) is 0 Å². The van der Waals surface area contributed by atoms with Crippen molar-refractivity contribution in [3.63, 3.8) is 0 Å². The molecule has 0 radical (unpaired) electrons. The molecule has 1 aliphatic rings. The number of hydrogen-bond acceptors (Lipinski definition) is 1. The van der Waals surface area contributed by atoms with E-state index in [2.05, 4.69) is 36.4 Å². The molecule has 0 saturated carbocycles. The molecule has 20 heavy (non-hydrogen) atoms. The quantitative estimate of drug-likeness (QED) is 0.362. The van der Waals surface area contributed by atoms with Gasteiger partial charge in [-0.15, -0.1) is 0 Å². The van der Waals surface area contributed by atoms with Gasteiger partial charge in [-0.05, 0) is 43.9 Å². The summed E-state index contributed by atoms with van der Waals surface area (Å²) in [4.78, 5) is 0. The average molecular weight is 256 g/mol. The van der Waals surface area contributed by atoms with E-state index in [1.165, 1.54) is 26.9 Å². The highest BCUT2D eigenvalue weighted by atomic mass is 16.3. The predicted molar refractivity (Wildman–Crippen MR) is 83.0 cm³/mol. The van der Waals surface area contributed by atoms with Gasteiger partial charge in [0.05, 0.1) is 0 Å². The van der Waals surface area contributed by atoms with Crippen LogP contribution in [0.2, 0.25) is 0 Å². The Hall–Kier alpha value is -2.38. The van der Waals surface area contributed by atoms with Gasteiger partial charge in [0.1, 0.15) is 6.10 Å². The fraction of sp³-hybridized carbons (Fsp3) is 0.0526. The van der Waals surface area contributed by atoms with Gasteiger partial charge in [0.2, 0.25) is 0 Å². The third kappa shape index (κ3) is 1.08. The van der Waals surface area contributed by atoms with Gasteiger partial charge in [0, 0.05) is 5.56 Å². The molecule has 0 bridgehead atoms. The smallest absolute Gasteiger partial charge is 0.106 e. The van der Waals surface area contributed by atoms with Gasteiger partial charge in [-0.1, -0.05) is 54.6 Å². The number of fused-ring (bicyclic) bond motifs is 2. The van der Waals surface area contributed by atoms with E-state index in [1.54, 1.807) is 0 Å². The molecule has 1 nitrogen and oxygen atoms in total. The normalized spacial score (nSPS) is 16.8. The minimum absolute atomic E-state index is 0.510. The third-order valence-corrected chi connectivity index (χ3v) is 4.51. The highest BCUT2D eigenvalue weighted by molar-refractivity contribution is 6.19. The first-order valence-corrected chi connectivity index (χ1v) is 6.89. The molecule has 0 aromatic heterocycles. The monoisotopic (exact) mass is 256 g/mol. The molecule has 0 saturated heterocycles. The topological polar surface area (TPSA) is 20.2 Å². The van der Waals surface area contributed by atoms with Crippen molar-refractivity contribution < 1.29 is 5.11 Å². The number of benzene rings is 4. The summed E-state index contributed by atoms with van der Waals surface area (Å²) < 4.78 is 0. The van der Waals surface area contributed by atoms with Gasteiger partial charge in [-0.2, -0.15) is 0 Å². The standard InChI is InChI=1S/C19H12O/c20-19-15-7-3-5-11-8-9-13-10-12-4-1-2-6-14(12)18(19)17(13)16(11)15/h1-10,19-20H. The van der Waals surface area contributed by atoms with Crippen molar-refractivity contribution in [2.24, 2.45) is 0 Å². The van der Waals surface area contributed by atoms with Crippen molar-refractivity contribution >= 4 is 32.3 Å². The van der Waals surface area contributed by atoms with Crippen LogP contribution in [-0.2, 0) is 0 Å². The molecule has 1 atom stereocenters. The highest BCUT2D eigenvalue weighted by Crippen LogP contribution is 2.46. The van der Waals surface area contributed by atoms with Crippen molar-refractivity contribution in [1.82, 2.24) is 0 Å². The summed E-state index contributed by atoms with van der Waals surface area (Å²) in [6.07, 6.45) is -0.510. The molecule has 0 spiro atoms. The van der Waals surface area contributed by atoms with E-state index < -0.39 is 6.10 Å². The zero-order chi connectivity index (χ0) is 13.3. The molecule has 1 aliphatic carbocycles. The summed E-state index contributed by atoms with van der Waals surface area (Å²) in [6.45, 7) is 0. The lowest BCUT2D eigenvalue weighted by Gasteiger charge is -2.10. The molecule has 0 fully saturated rings. The largest absolute Gasteiger partial charge is 0.384 e. The van der Waals surface area contributed by atoms with Crippen molar-refractivity contribution in [3.8, 4) is 0 Å². The molecule has 0 aliphatic heterocycles. The van der Waals surface area contributed by atoms with Crippen LogP contribution < -0.4 is 0 Å². The Morgan fingerprint density at radius 3 is 2.45 bits per heavy atom. The van der Waals surface area contributed by atoms with Gasteiger partial charge < -0.3 is 5.11 Å². The maximum absolute atomic E-state index is 10.8. The molecule has 0 amide bonds. The van der Waals surface area contributed by atoms with Crippen molar-refractivity contribution in [2.75, 3.05) is 0 Å². The lowest BCUT2D eigenvalue weighted by atomic mass is 9.96. The summed E-state index contributed by atoms with van der Waals surface area (Å²) >= 11 is 0. The van der Waals surface area contributed by atoms with E-state index in [4.69, 9.17) is 0 Å². The molecule has 4 aromatic rings. The second-order valence-electron chi connectivity index (χ2n) is 5.52. The second-order valence-corrected chi connectivity index (χ2v) is 5.52. The van der Waals surface area contributed by atoms with E-state index in [9.17, 15) is 5.11 Å². The SMILES string of the molecule is OC1c2cccc3ccc4cc5ccccc5c1c4c23. The van der Waals surface area contributed by atoms with Gasteiger partial charge in [-0.25, -0.2) is 0 Å². The molecule has 1 heteroatoms. The Balaban J connectivity index is 2.17. The molecular formula is C19H12O. The number of aliphatic hydroxyl groups is 1. The van der Waals surface area contributed by atoms with Crippen LogP contribution in [-0.4, -0.2) is 5.11 Å². The van der Waals surface area contributed by atoms with E-state index in [1.807, 2.05) is 24.3 Å². The Morgan fingerprint density at radius 1 is 0.700 bits per heavy atom. The molecule has 4 aromatic carbocycles. The van der Waals surface area contributed by atoms with Crippen LogP contribution >= 0.6 is 0 Å². The zero-order valence-electron chi connectivity index (χ0n) is 10.8. The molecular weight excluding hydrogens is 244 g/mol. The second kappa shape index (κ2) is 3.38. The maximum Gasteiger partial charge on any atom is 0.106 e. The number of hydrogen-bond donors (Lipinski definition) is 1. The molecule has 1 N–H and O–H groups in total. The van der Waals surface area contributed by atoms with E-state index in [0.29, 0.717) is 0 Å². The lowest BCUT2D eigenvalue weighted by molar-refractivity contribution is 0.227. The molecule has 1 unspecified atom stereocenters. The van der Waals surface area contributed by atoms with E-state index in [0.717, 1.165) is 16.5 Å². The maximum atomic E-state index is 10.8. The van der Waals surface area contributed by atoms with Crippen LogP contribution in [0.15, 0.2) is 60.7 Å². The Kier molecular flexibility index (Phi) is 1.76. The zero-order valence-corrected chi connectivity index (χ0v) is 10.8. The van der Waals surface area contributed by atoms with Gasteiger partial charge in [-0.3, -0.25) is 0 Å². The molecule has 5 rings (SSSR count). The summed E-state index contributed by atoms with van der Waals surface area (Å²) in [5.41, 5.74) is 2.12. The third-order valence-electron chi connectivity index (χ3n) is 4.51. The van der Waals surface area contributed by atoms with Gasteiger partial charge >= 0.3 is 0 Å². The Morgan fingerprint density at radius 2 is 1.50 bits per heavy atom. The van der Waals surface area contributed by atoms with Crippen molar-refractivity contribution in [2.45, 2.75) is 6.10 Å². The van der Waals surface area contributed by atoms with Crippen LogP contribution in [0.3, 0.4) is 0 Å². The van der Waals surface area contributed by atoms with Crippen LogP contribution in [0.1, 0.15) is 17.2 Å². The fourth-order valence-electron chi connectivity index (χ4n) is 3.67. The first-order chi connectivity index (χ1) is 9.84. The first-order valence-electron chi connectivity index (χ1n) is 6.89. The van der Waals surface area contributed by atoms with E-state index >= 15 is 0 Å². The van der Waals surface area contributed by atoms with E-state index in [-0.39, 0.29) is 0 Å². The fourth-order valence-corrected chi connectivity index (χ4v) is 3.67. The molecule has 94 valence electrons. The van der Waals surface area contributed by atoms with Gasteiger partial charge in [0.15, 0.2) is 0 Å². The minimum Gasteiger partial charge on any atom is -0.384 e. The Labute approximate surface area is 116 Å². The van der Waals surface area contributed by atoms with Crippen molar-refractivity contribution in [3.05, 3.63) is 71.8 Å². The Bertz CT molecular complexity index is 1010. The molecule has 0 heterocycles. The highest BCUT2D eigenvalue weighted by Gasteiger charge is 2.27. The lowest BCUT2D eigenvalue weighted by Crippen LogP contribution is -1.95. The van der Waals surface area contributed by atoms with Crippen LogP contribution in [0, 0.1) is 0 Å². The van der Waals surface area contributed by atoms with Crippen molar-refractivity contribution in [1.29, 1.82) is 0 Å². The number of rotatable bonds is 0. The van der Waals surface area contributed by atoms with Crippen LogP contribution in [0.4, 0.5) is 0 Å². The summed E-state index contributed by atoms with van der Waals surface area (Å²) in [5.74, 6) is 0. The average Bonchev–Trinajstić information content (AvgIpc) is 2.80. The summed E-state index contributed by atoms with van der Waals surface area (Å²) in [6, 6.07) is 21.0. The first kappa shape index (κ1) is 10.4. The minimum atomic E-state index is -0.510. The summed E-state index contributed by atoms with van der Waals surface area (Å²) in [7, 11) is 0. The summed E-state index contributed by atoms with van der Waals surface area (Å²) in [5, 5.41) is 18.0. The number of aliphatic hydroxyl groups excluding tert-OH is 1. The van der Waals surface area contributed by atoms with Gasteiger partial charge in [0.25, 0.3) is 0 Å². The van der Waals surface area contributed by atoms with Crippen LogP contribution in [0.25, 0.3) is 32.3 Å².